The number of carbonyl (C=O) groups is 2. The molecule has 2 N–H and O–H groups in total. The summed E-state index contributed by atoms with van der Waals surface area (Å²) in [4.78, 5) is 31.6. The molecule has 2 aromatic carbocycles. The summed E-state index contributed by atoms with van der Waals surface area (Å²) < 4.78 is 5.66. The minimum Gasteiger partial charge on any atom is -0.464 e. The highest BCUT2D eigenvalue weighted by Crippen LogP contribution is 2.38. The highest BCUT2D eigenvalue weighted by molar-refractivity contribution is 6.50. The lowest BCUT2D eigenvalue weighted by atomic mass is 9.94. The number of aryl methyl sites for hydroxylation is 1. The molecule has 1 aliphatic heterocycles. The molecule has 3 heterocycles. The number of aromatic nitrogens is 1. The number of furan rings is 1. The van der Waals surface area contributed by atoms with Gasteiger partial charge in [-0.15, -0.1) is 0 Å². The summed E-state index contributed by atoms with van der Waals surface area (Å²) >= 11 is 0. The SMILES string of the molecule is CCN(CC)CCCc1cccc2c(C3=C(c4cccc5ccoc45)C(=O)NC3=O)c[nH]c12. The van der Waals surface area contributed by atoms with Gasteiger partial charge in [0.05, 0.1) is 17.4 Å². The van der Waals surface area contributed by atoms with E-state index in [0.717, 1.165) is 54.3 Å². The Hall–Kier alpha value is -3.64. The predicted octanol–water partition coefficient (Wildman–Crippen LogP) is 4.76. The molecule has 0 saturated heterocycles. The van der Waals surface area contributed by atoms with Crippen LogP contribution in [0, 0.1) is 0 Å². The second-order valence-electron chi connectivity index (χ2n) is 8.35. The van der Waals surface area contributed by atoms with Gasteiger partial charge in [-0.25, -0.2) is 0 Å². The molecular formula is C27H27N3O3. The Morgan fingerprint density at radius 3 is 2.45 bits per heavy atom. The van der Waals surface area contributed by atoms with Gasteiger partial charge < -0.3 is 14.3 Å². The Morgan fingerprint density at radius 1 is 0.909 bits per heavy atom. The van der Waals surface area contributed by atoms with Crippen molar-refractivity contribution in [3.63, 3.8) is 0 Å². The maximum atomic E-state index is 12.9. The van der Waals surface area contributed by atoms with Gasteiger partial charge in [-0.05, 0) is 44.1 Å². The second-order valence-corrected chi connectivity index (χ2v) is 8.35. The summed E-state index contributed by atoms with van der Waals surface area (Å²) in [5, 5.41) is 4.32. The molecule has 1 aliphatic rings. The predicted molar refractivity (Wildman–Crippen MR) is 131 cm³/mol. The topological polar surface area (TPSA) is 78.3 Å². The third kappa shape index (κ3) is 3.66. The van der Waals surface area contributed by atoms with E-state index in [1.54, 1.807) is 6.26 Å². The molecule has 0 aliphatic carbocycles. The maximum Gasteiger partial charge on any atom is 0.259 e. The molecule has 168 valence electrons. The molecule has 4 aromatic rings. The van der Waals surface area contributed by atoms with E-state index in [2.05, 4.69) is 35.1 Å². The van der Waals surface area contributed by atoms with Crippen LogP contribution in [-0.4, -0.2) is 41.3 Å². The molecule has 33 heavy (non-hydrogen) atoms. The molecule has 0 saturated carbocycles. The summed E-state index contributed by atoms with van der Waals surface area (Å²) in [5.74, 6) is -0.782. The number of benzene rings is 2. The van der Waals surface area contributed by atoms with Crippen LogP contribution in [0.15, 0.2) is 59.3 Å². The van der Waals surface area contributed by atoms with Crippen molar-refractivity contribution in [3.8, 4) is 0 Å². The van der Waals surface area contributed by atoms with E-state index in [9.17, 15) is 9.59 Å². The smallest absolute Gasteiger partial charge is 0.259 e. The molecule has 0 atom stereocenters. The van der Waals surface area contributed by atoms with Gasteiger partial charge in [0.1, 0.15) is 5.58 Å². The third-order valence-electron chi connectivity index (χ3n) is 6.57. The third-order valence-corrected chi connectivity index (χ3v) is 6.57. The monoisotopic (exact) mass is 441 g/mol. The number of amides is 2. The van der Waals surface area contributed by atoms with Crippen molar-refractivity contribution >= 4 is 44.8 Å². The Kier molecular flexibility index (Phi) is 5.60. The van der Waals surface area contributed by atoms with E-state index >= 15 is 0 Å². The van der Waals surface area contributed by atoms with Gasteiger partial charge in [0.15, 0.2) is 0 Å². The summed E-state index contributed by atoms with van der Waals surface area (Å²) in [6.45, 7) is 7.52. The number of nitrogens with zero attached hydrogens (tertiary/aromatic N) is 1. The fourth-order valence-electron chi connectivity index (χ4n) is 4.82. The van der Waals surface area contributed by atoms with E-state index in [1.165, 1.54) is 5.56 Å². The van der Waals surface area contributed by atoms with Gasteiger partial charge >= 0.3 is 0 Å². The van der Waals surface area contributed by atoms with Crippen LogP contribution in [0.4, 0.5) is 0 Å². The lowest BCUT2D eigenvalue weighted by Gasteiger charge is -2.17. The minimum atomic E-state index is -0.399. The van der Waals surface area contributed by atoms with Crippen molar-refractivity contribution in [3.05, 3.63) is 71.6 Å². The first-order chi connectivity index (χ1) is 16.1. The number of imide groups is 1. The molecule has 0 radical (unpaired) electrons. The molecule has 2 aromatic heterocycles. The fraction of sp³-hybridized carbons (Fsp3) is 0.259. The standard InChI is InChI=1S/C27H27N3O3/c1-3-30(4-2)14-7-10-17-8-5-11-19-21(16-28-24(17)19)23-22(26(31)29-27(23)32)20-12-6-9-18-13-15-33-25(18)20/h5-6,8-9,11-13,15-16,28H,3-4,7,10,14H2,1-2H3,(H,29,31,32). The number of rotatable bonds is 8. The van der Waals surface area contributed by atoms with Crippen LogP contribution in [0.25, 0.3) is 33.0 Å². The Labute approximate surface area is 192 Å². The Morgan fingerprint density at radius 2 is 1.67 bits per heavy atom. The molecular weight excluding hydrogens is 414 g/mol. The van der Waals surface area contributed by atoms with Crippen molar-refractivity contribution in [2.75, 3.05) is 19.6 Å². The first-order valence-electron chi connectivity index (χ1n) is 11.5. The normalized spacial score (nSPS) is 14.3. The van der Waals surface area contributed by atoms with Crippen LogP contribution in [0.1, 0.15) is 37.0 Å². The van der Waals surface area contributed by atoms with Crippen LogP contribution in [-0.2, 0) is 16.0 Å². The molecule has 0 unspecified atom stereocenters. The highest BCUT2D eigenvalue weighted by atomic mass is 16.3. The van der Waals surface area contributed by atoms with E-state index in [1.807, 2.05) is 42.6 Å². The Bertz CT molecular complexity index is 1390. The van der Waals surface area contributed by atoms with Crippen molar-refractivity contribution in [1.82, 2.24) is 15.2 Å². The lowest BCUT2D eigenvalue weighted by Crippen LogP contribution is -2.24. The van der Waals surface area contributed by atoms with Gasteiger partial charge in [-0.2, -0.15) is 0 Å². The van der Waals surface area contributed by atoms with Crippen LogP contribution in [0.3, 0.4) is 0 Å². The molecule has 0 spiro atoms. The average molecular weight is 442 g/mol. The van der Waals surface area contributed by atoms with Gasteiger partial charge in [-0.3, -0.25) is 14.9 Å². The fourth-order valence-corrected chi connectivity index (χ4v) is 4.82. The molecule has 0 bridgehead atoms. The summed E-state index contributed by atoms with van der Waals surface area (Å²) in [7, 11) is 0. The van der Waals surface area contributed by atoms with Gasteiger partial charge in [0, 0.05) is 33.6 Å². The second kappa shape index (κ2) is 8.71. The van der Waals surface area contributed by atoms with Gasteiger partial charge in [0.25, 0.3) is 11.8 Å². The van der Waals surface area contributed by atoms with E-state index in [4.69, 9.17) is 4.42 Å². The first-order valence-corrected chi connectivity index (χ1v) is 11.5. The lowest BCUT2D eigenvalue weighted by molar-refractivity contribution is -0.122. The summed E-state index contributed by atoms with van der Waals surface area (Å²) in [6, 6.07) is 13.6. The maximum absolute atomic E-state index is 12.9. The van der Waals surface area contributed by atoms with Crippen LogP contribution in [0.2, 0.25) is 0 Å². The first kappa shape index (κ1) is 21.2. The number of hydrogen-bond acceptors (Lipinski definition) is 4. The quantitative estimate of drug-likeness (QED) is 0.387. The van der Waals surface area contributed by atoms with Crippen molar-refractivity contribution in [1.29, 1.82) is 0 Å². The van der Waals surface area contributed by atoms with E-state index in [0.29, 0.717) is 22.3 Å². The number of nitrogens with one attached hydrogen (secondary N) is 2. The molecule has 6 nitrogen and oxygen atoms in total. The molecule has 5 rings (SSSR count). The largest absolute Gasteiger partial charge is 0.464 e. The van der Waals surface area contributed by atoms with Gasteiger partial charge in [-0.1, -0.05) is 50.2 Å². The number of hydrogen-bond donors (Lipinski definition) is 2. The van der Waals surface area contributed by atoms with Gasteiger partial charge in [0.2, 0.25) is 0 Å². The zero-order valence-electron chi connectivity index (χ0n) is 18.9. The highest BCUT2D eigenvalue weighted by Gasteiger charge is 2.34. The van der Waals surface area contributed by atoms with Crippen LogP contribution < -0.4 is 5.32 Å². The van der Waals surface area contributed by atoms with Crippen molar-refractivity contribution in [2.24, 2.45) is 0 Å². The number of para-hydroxylation sites is 2. The van der Waals surface area contributed by atoms with Crippen molar-refractivity contribution < 1.29 is 14.0 Å². The zero-order chi connectivity index (χ0) is 22.9. The molecule has 2 amide bonds. The minimum absolute atomic E-state index is 0.355. The summed E-state index contributed by atoms with van der Waals surface area (Å²) in [6.07, 6.45) is 5.44. The zero-order valence-corrected chi connectivity index (χ0v) is 18.9. The van der Waals surface area contributed by atoms with Crippen LogP contribution in [0.5, 0.6) is 0 Å². The molecule has 6 heteroatoms. The van der Waals surface area contributed by atoms with E-state index in [-0.39, 0.29) is 5.91 Å². The number of H-pyrrole nitrogens is 1. The number of fused-ring (bicyclic) bond motifs is 2. The van der Waals surface area contributed by atoms with Crippen molar-refractivity contribution in [2.45, 2.75) is 26.7 Å². The Balaban J connectivity index is 1.58. The van der Waals surface area contributed by atoms with Crippen LogP contribution >= 0.6 is 0 Å². The molecule has 0 fully saturated rings. The summed E-state index contributed by atoms with van der Waals surface area (Å²) in [5.41, 5.74) is 4.93. The number of carbonyl (C=O) groups excluding carboxylic acids is 2. The number of aromatic amines is 1. The van der Waals surface area contributed by atoms with E-state index < -0.39 is 5.91 Å². The average Bonchev–Trinajstić information content (AvgIpc) is 3.53.